The summed E-state index contributed by atoms with van der Waals surface area (Å²) in [5.41, 5.74) is 0.189. The van der Waals surface area contributed by atoms with Gasteiger partial charge in [0.2, 0.25) is 5.91 Å². The molecule has 6 heteroatoms. The molecule has 1 N–H and O–H groups in total. The predicted octanol–water partition coefficient (Wildman–Crippen LogP) is 2.18. The summed E-state index contributed by atoms with van der Waals surface area (Å²) in [6, 6.07) is 0. The smallest absolute Gasteiger partial charge is 0.354 e. The number of aliphatic carboxylic acids is 1. The van der Waals surface area contributed by atoms with Gasteiger partial charge in [0.25, 0.3) is 0 Å². The zero-order valence-electron chi connectivity index (χ0n) is 9.97. The summed E-state index contributed by atoms with van der Waals surface area (Å²) < 4.78 is 0.779. The molecule has 1 fully saturated rings. The number of fused-ring (bicyclic) bond motifs is 1. The van der Waals surface area contributed by atoms with Gasteiger partial charge in [-0.1, -0.05) is 32.5 Å². The molecule has 2 aliphatic heterocycles. The molecule has 0 bridgehead atoms. The van der Waals surface area contributed by atoms with Gasteiger partial charge in [0.05, 0.1) is 15.5 Å². The van der Waals surface area contributed by atoms with Crippen LogP contribution in [0.1, 0.15) is 20.8 Å². The van der Waals surface area contributed by atoms with E-state index in [1.165, 1.54) is 28.4 Å². The maximum Gasteiger partial charge on any atom is 0.354 e. The quantitative estimate of drug-likeness (QED) is 0.796. The van der Waals surface area contributed by atoms with E-state index in [1.54, 1.807) is 0 Å². The molecule has 2 aliphatic rings. The first kappa shape index (κ1) is 12.8. The van der Waals surface area contributed by atoms with Gasteiger partial charge >= 0.3 is 5.97 Å². The Morgan fingerprint density at radius 1 is 1.59 bits per heavy atom. The van der Waals surface area contributed by atoms with Crippen LogP contribution in [0.25, 0.3) is 0 Å². The largest absolute Gasteiger partial charge is 0.477 e. The molecule has 0 aromatic carbocycles. The lowest BCUT2D eigenvalue weighted by Crippen LogP contribution is -2.59. The fraction of sp³-hybridized carbons (Fsp3) is 0.636. The van der Waals surface area contributed by atoms with Crippen molar-refractivity contribution in [2.24, 2.45) is 11.8 Å². The Kier molecular flexibility index (Phi) is 3.45. The molecule has 2 atom stereocenters. The van der Waals surface area contributed by atoms with Gasteiger partial charge in [-0.3, -0.25) is 9.69 Å². The van der Waals surface area contributed by atoms with Gasteiger partial charge in [0, 0.05) is 0 Å². The second kappa shape index (κ2) is 4.57. The Morgan fingerprint density at radius 2 is 2.24 bits per heavy atom. The van der Waals surface area contributed by atoms with E-state index in [0.717, 1.165) is 9.99 Å². The molecule has 4 nitrogen and oxygen atoms in total. The molecule has 1 unspecified atom stereocenters. The number of β-lactam (4-membered cyclic amide) rings is 1. The molecular formula is C11H15NO3S2. The summed E-state index contributed by atoms with van der Waals surface area (Å²) in [7, 11) is 0. The van der Waals surface area contributed by atoms with Crippen LogP contribution in [0.4, 0.5) is 0 Å². The minimum atomic E-state index is -0.994. The van der Waals surface area contributed by atoms with E-state index in [-0.39, 0.29) is 28.8 Å². The lowest BCUT2D eigenvalue weighted by molar-refractivity contribution is -0.153. The van der Waals surface area contributed by atoms with Crippen molar-refractivity contribution in [1.29, 1.82) is 0 Å². The highest BCUT2D eigenvalue weighted by molar-refractivity contribution is 8.22. The number of carboxylic acid groups (broad SMARTS) is 1. The maximum atomic E-state index is 12.0. The van der Waals surface area contributed by atoms with Gasteiger partial charge in [0.15, 0.2) is 5.70 Å². The van der Waals surface area contributed by atoms with Gasteiger partial charge in [-0.15, -0.1) is 11.8 Å². The first-order chi connectivity index (χ1) is 7.99. The van der Waals surface area contributed by atoms with E-state index < -0.39 is 5.97 Å². The van der Waals surface area contributed by atoms with Crippen LogP contribution >= 0.6 is 23.5 Å². The number of hydrogen-bond donors (Lipinski definition) is 1. The summed E-state index contributed by atoms with van der Waals surface area (Å²) in [5.74, 6) is 0.00918. The molecule has 1 saturated heterocycles. The molecule has 17 heavy (non-hydrogen) atoms. The molecule has 0 aromatic rings. The van der Waals surface area contributed by atoms with Gasteiger partial charge in [-0.05, 0) is 11.7 Å². The minimum Gasteiger partial charge on any atom is -0.477 e. The monoisotopic (exact) mass is 273 g/mol. The van der Waals surface area contributed by atoms with Gasteiger partial charge in [0.1, 0.15) is 0 Å². The molecule has 2 rings (SSSR count). The van der Waals surface area contributed by atoms with Crippen LogP contribution in [0.3, 0.4) is 0 Å². The first-order valence-electron chi connectivity index (χ1n) is 5.59. The Balaban J connectivity index is 2.26. The van der Waals surface area contributed by atoms with Crippen LogP contribution in [0.5, 0.6) is 0 Å². The van der Waals surface area contributed by atoms with E-state index >= 15 is 0 Å². The number of carboxylic acids is 1. The van der Waals surface area contributed by atoms with Crippen molar-refractivity contribution in [3.8, 4) is 0 Å². The normalized spacial score (nSPS) is 27.5. The SMILES string of the molecule is CCSC1=C(C(=O)O)N2C(=O)C(C(C)C)[C@@H]2S1. The van der Waals surface area contributed by atoms with E-state index in [2.05, 4.69) is 0 Å². The maximum absolute atomic E-state index is 12.0. The second-order valence-corrected chi connectivity index (χ2v) is 7.02. The van der Waals surface area contributed by atoms with Crippen LogP contribution in [-0.2, 0) is 9.59 Å². The topological polar surface area (TPSA) is 57.6 Å². The molecule has 0 radical (unpaired) electrons. The Morgan fingerprint density at radius 3 is 2.71 bits per heavy atom. The zero-order chi connectivity index (χ0) is 12.7. The Hall–Kier alpha value is -0.620. The molecule has 0 saturated carbocycles. The highest BCUT2D eigenvalue weighted by Crippen LogP contribution is 2.54. The van der Waals surface area contributed by atoms with Gasteiger partial charge in [-0.25, -0.2) is 4.79 Å². The molecule has 2 heterocycles. The van der Waals surface area contributed by atoms with Crippen LogP contribution in [-0.4, -0.2) is 33.0 Å². The third-order valence-corrected chi connectivity index (χ3v) is 5.48. The fourth-order valence-corrected chi connectivity index (χ4v) is 5.07. The number of rotatable bonds is 4. The molecule has 94 valence electrons. The van der Waals surface area contributed by atoms with Crippen molar-refractivity contribution in [3.05, 3.63) is 9.93 Å². The highest BCUT2D eigenvalue weighted by Gasteiger charge is 2.56. The fourth-order valence-electron chi connectivity index (χ4n) is 2.15. The predicted molar refractivity (Wildman–Crippen MR) is 69.3 cm³/mol. The van der Waals surface area contributed by atoms with Crippen molar-refractivity contribution in [2.75, 3.05) is 5.75 Å². The first-order valence-corrected chi connectivity index (χ1v) is 7.45. The van der Waals surface area contributed by atoms with Crippen molar-refractivity contribution < 1.29 is 14.7 Å². The number of amides is 1. The average Bonchev–Trinajstić information content (AvgIpc) is 2.53. The lowest BCUT2D eigenvalue weighted by Gasteiger charge is -2.44. The molecule has 0 aromatic heterocycles. The number of nitrogens with zero attached hydrogens (tertiary/aromatic N) is 1. The summed E-state index contributed by atoms with van der Waals surface area (Å²) >= 11 is 3.03. The Bertz CT molecular complexity index is 406. The number of hydrogen-bond acceptors (Lipinski definition) is 4. The summed E-state index contributed by atoms with van der Waals surface area (Å²) in [6.07, 6.45) is 0. The van der Waals surface area contributed by atoms with E-state index in [9.17, 15) is 14.7 Å². The lowest BCUT2D eigenvalue weighted by atomic mass is 9.86. The van der Waals surface area contributed by atoms with Crippen LogP contribution in [0.2, 0.25) is 0 Å². The number of carbonyl (C=O) groups excluding carboxylic acids is 1. The van der Waals surface area contributed by atoms with Crippen molar-refractivity contribution in [2.45, 2.75) is 26.1 Å². The van der Waals surface area contributed by atoms with Crippen molar-refractivity contribution in [1.82, 2.24) is 4.90 Å². The highest BCUT2D eigenvalue weighted by atomic mass is 32.2. The number of thioether (sulfide) groups is 2. The van der Waals surface area contributed by atoms with E-state index in [0.29, 0.717) is 0 Å². The van der Waals surface area contributed by atoms with Crippen molar-refractivity contribution in [3.63, 3.8) is 0 Å². The van der Waals surface area contributed by atoms with Crippen LogP contribution in [0.15, 0.2) is 9.93 Å². The van der Waals surface area contributed by atoms with Gasteiger partial charge < -0.3 is 5.11 Å². The summed E-state index contributed by atoms with van der Waals surface area (Å²) in [6.45, 7) is 5.99. The standard InChI is InChI=1S/C11H15NO3S2/c1-4-16-11-7(10(14)15)12-8(13)6(5(2)3)9(12)17-11/h5-6,9H,4H2,1-3H3,(H,14,15)/t6?,9-/m0/s1. The van der Waals surface area contributed by atoms with Gasteiger partial charge in [-0.2, -0.15) is 0 Å². The molecule has 1 amide bonds. The van der Waals surface area contributed by atoms with Crippen molar-refractivity contribution >= 4 is 35.4 Å². The Labute approximate surface area is 109 Å². The summed E-state index contributed by atoms with van der Waals surface area (Å²) in [4.78, 5) is 24.6. The van der Waals surface area contributed by atoms with E-state index in [4.69, 9.17) is 0 Å². The number of carbonyl (C=O) groups is 2. The molecule has 0 aliphatic carbocycles. The third kappa shape index (κ3) is 1.87. The molecule has 0 spiro atoms. The van der Waals surface area contributed by atoms with E-state index in [1.807, 2.05) is 20.8 Å². The summed E-state index contributed by atoms with van der Waals surface area (Å²) in [5, 5.41) is 9.20. The zero-order valence-corrected chi connectivity index (χ0v) is 11.6. The average molecular weight is 273 g/mol. The second-order valence-electron chi connectivity index (χ2n) is 4.36. The molecular weight excluding hydrogens is 258 g/mol. The minimum absolute atomic E-state index is 0.00245. The third-order valence-electron chi connectivity index (χ3n) is 2.94. The van der Waals surface area contributed by atoms with Crippen LogP contribution in [0, 0.1) is 11.8 Å². The van der Waals surface area contributed by atoms with Crippen LogP contribution < -0.4 is 0 Å².